The summed E-state index contributed by atoms with van der Waals surface area (Å²) in [6, 6.07) is 0. The van der Waals surface area contributed by atoms with Crippen LogP contribution in [0.3, 0.4) is 0 Å². The normalized spacial score (nSPS) is 14.9. The van der Waals surface area contributed by atoms with Crippen LogP contribution in [0.5, 0.6) is 0 Å². The Morgan fingerprint density at radius 1 is 0.315 bits per heavy atom. The van der Waals surface area contributed by atoms with Gasteiger partial charge in [-0.05, 0) is 49.4 Å². The lowest BCUT2D eigenvalue weighted by atomic mass is 9.99. The summed E-state index contributed by atoms with van der Waals surface area (Å²) in [5.74, 6) is 0.867. The Morgan fingerprint density at radius 3 is 0.798 bits per heavy atom. The standard InChI is InChI=1S/C70H136O17P2/c1-9-62(7)48-40-32-24-19-20-25-34-42-50-67(72)80-56-65(86-69(74)52-44-36-26-18-16-14-12-11-13-15-17-22-30-38-46-60(3)4)58-84-88(76,77)82-54-64(71)55-83-89(78,79)85-59-66(87-70(75)53-45-37-27-21-23-31-39-47-61(5)6)57-81-68(73)51-43-35-29-28-33-41-49-63(8)10-2/h60-66,71H,9-59H2,1-8H3,(H,76,77)(H,78,79)/t62?,63?,64-,65-,66-/m1/s1. The summed E-state index contributed by atoms with van der Waals surface area (Å²) in [5, 5.41) is 10.6. The summed E-state index contributed by atoms with van der Waals surface area (Å²) in [5.41, 5.74) is 0. The second-order valence-corrected chi connectivity index (χ2v) is 29.6. The number of hydrogen-bond acceptors (Lipinski definition) is 15. The zero-order valence-corrected chi connectivity index (χ0v) is 59.8. The molecular weight excluding hydrogens is 1170 g/mol. The predicted octanol–water partition coefficient (Wildman–Crippen LogP) is 19.7. The van der Waals surface area contributed by atoms with E-state index in [1.165, 1.54) is 141 Å². The first kappa shape index (κ1) is 87.1. The summed E-state index contributed by atoms with van der Waals surface area (Å²) in [7, 11) is -9.90. The highest BCUT2D eigenvalue weighted by Gasteiger charge is 2.30. The number of carbonyl (C=O) groups is 4. The lowest BCUT2D eigenvalue weighted by Crippen LogP contribution is -2.30. The van der Waals surface area contributed by atoms with Crippen molar-refractivity contribution >= 4 is 39.5 Å². The number of phosphoric acid groups is 2. The van der Waals surface area contributed by atoms with Gasteiger partial charge in [0.15, 0.2) is 12.2 Å². The molecular formula is C70H136O17P2. The van der Waals surface area contributed by atoms with Crippen molar-refractivity contribution in [3.8, 4) is 0 Å². The van der Waals surface area contributed by atoms with Crippen molar-refractivity contribution in [3.63, 3.8) is 0 Å². The number of phosphoric ester groups is 2. The molecule has 3 N–H and O–H groups in total. The van der Waals surface area contributed by atoms with Crippen LogP contribution in [-0.2, 0) is 65.4 Å². The van der Waals surface area contributed by atoms with E-state index in [-0.39, 0.29) is 25.7 Å². The van der Waals surface area contributed by atoms with Crippen LogP contribution in [0.1, 0.15) is 344 Å². The van der Waals surface area contributed by atoms with Crippen LogP contribution in [0.25, 0.3) is 0 Å². The molecule has 0 bridgehead atoms. The molecule has 0 aromatic rings. The van der Waals surface area contributed by atoms with Gasteiger partial charge in [-0.2, -0.15) is 0 Å². The van der Waals surface area contributed by atoms with E-state index in [0.717, 1.165) is 114 Å². The van der Waals surface area contributed by atoms with Crippen molar-refractivity contribution in [1.29, 1.82) is 0 Å². The van der Waals surface area contributed by atoms with Gasteiger partial charge in [-0.3, -0.25) is 37.3 Å². The average molecular weight is 1310 g/mol. The topological polar surface area (TPSA) is 237 Å². The summed E-state index contributed by atoms with van der Waals surface area (Å²) in [4.78, 5) is 72.5. The molecule has 0 aromatic carbocycles. The van der Waals surface area contributed by atoms with E-state index in [1.807, 2.05) is 0 Å². The third-order valence-electron chi connectivity index (χ3n) is 16.8. The molecule has 0 fully saturated rings. The second kappa shape index (κ2) is 59.8. The monoisotopic (exact) mass is 1310 g/mol. The zero-order chi connectivity index (χ0) is 66.1. The number of esters is 4. The highest BCUT2D eigenvalue weighted by Crippen LogP contribution is 2.45. The highest BCUT2D eigenvalue weighted by atomic mass is 31.2. The number of rotatable bonds is 67. The molecule has 19 heteroatoms. The van der Waals surface area contributed by atoms with Crippen LogP contribution in [0.15, 0.2) is 0 Å². The van der Waals surface area contributed by atoms with E-state index in [0.29, 0.717) is 31.6 Å². The molecule has 4 unspecified atom stereocenters. The molecule has 0 saturated carbocycles. The molecule has 89 heavy (non-hydrogen) atoms. The molecule has 0 radical (unpaired) electrons. The molecule has 0 spiro atoms. The van der Waals surface area contributed by atoms with Crippen LogP contribution in [0.4, 0.5) is 0 Å². The smallest absolute Gasteiger partial charge is 0.462 e. The molecule has 528 valence electrons. The molecule has 0 rings (SSSR count). The third kappa shape index (κ3) is 62.0. The first-order valence-corrected chi connectivity index (χ1v) is 39.3. The lowest BCUT2D eigenvalue weighted by Gasteiger charge is -2.21. The molecule has 7 atom stereocenters. The molecule has 0 heterocycles. The van der Waals surface area contributed by atoms with E-state index >= 15 is 0 Å². The van der Waals surface area contributed by atoms with Gasteiger partial charge in [0.2, 0.25) is 0 Å². The molecule has 0 amide bonds. The number of hydrogen-bond donors (Lipinski definition) is 3. The Labute approximate surface area is 543 Å². The van der Waals surface area contributed by atoms with Crippen molar-refractivity contribution in [2.75, 3.05) is 39.6 Å². The van der Waals surface area contributed by atoms with Gasteiger partial charge in [-0.25, -0.2) is 9.13 Å². The van der Waals surface area contributed by atoms with Gasteiger partial charge in [-0.1, -0.05) is 293 Å². The molecule has 0 aliphatic heterocycles. The van der Waals surface area contributed by atoms with Gasteiger partial charge in [0.25, 0.3) is 0 Å². The van der Waals surface area contributed by atoms with Crippen molar-refractivity contribution in [2.24, 2.45) is 23.7 Å². The first-order valence-electron chi connectivity index (χ1n) is 36.3. The minimum absolute atomic E-state index is 0.102. The second-order valence-electron chi connectivity index (χ2n) is 26.7. The Hall–Kier alpha value is -1.94. The number of carbonyl (C=O) groups excluding carboxylic acids is 4. The third-order valence-corrected chi connectivity index (χ3v) is 18.7. The van der Waals surface area contributed by atoms with Gasteiger partial charge in [-0.15, -0.1) is 0 Å². The Balaban J connectivity index is 5.24. The molecule has 17 nitrogen and oxygen atoms in total. The lowest BCUT2D eigenvalue weighted by molar-refractivity contribution is -0.161. The maximum absolute atomic E-state index is 13.0. The Kier molecular flexibility index (Phi) is 58.5. The van der Waals surface area contributed by atoms with E-state index < -0.39 is 97.5 Å². The Morgan fingerprint density at radius 2 is 0.539 bits per heavy atom. The fourth-order valence-corrected chi connectivity index (χ4v) is 12.0. The van der Waals surface area contributed by atoms with Crippen LogP contribution in [0.2, 0.25) is 0 Å². The van der Waals surface area contributed by atoms with Crippen LogP contribution in [-0.4, -0.2) is 96.7 Å². The molecule has 0 aromatic heterocycles. The van der Waals surface area contributed by atoms with Gasteiger partial charge in [0.1, 0.15) is 19.3 Å². The Bertz CT molecular complexity index is 1770. The minimum atomic E-state index is -4.95. The average Bonchev–Trinajstić information content (AvgIpc) is 3.60. The summed E-state index contributed by atoms with van der Waals surface area (Å²) < 4.78 is 68.2. The maximum atomic E-state index is 13.0. The van der Waals surface area contributed by atoms with Gasteiger partial charge in [0, 0.05) is 25.7 Å². The fraction of sp³-hybridized carbons (Fsp3) is 0.943. The first-order chi connectivity index (χ1) is 42.7. The summed E-state index contributed by atoms with van der Waals surface area (Å²) in [6.07, 6.45) is 41.8. The van der Waals surface area contributed by atoms with E-state index in [9.17, 15) is 43.2 Å². The van der Waals surface area contributed by atoms with E-state index in [1.54, 1.807) is 0 Å². The number of unbranched alkanes of at least 4 members (excludes halogenated alkanes) is 31. The zero-order valence-electron chi connectivity index (χ0n) is 58.1. The van der Waals surface area contributed by atoms with Crippen LogP contribution in [0, 0.1) is 23.7 Å². The highest BCUT2D eigenvalue weighted by molar-refractivity contribution is 7.47. The summed E-state index contributed by atoms with van der Waals surface area (Å²) in [6.45, 7) is 14.1. The van der Waals surface area contributed by atoms with Gasteiger partial charge in [0.05, 0.1) is 26.4 Å². The SMILES string of the molecule is CCC(C)CCCCCCCCCCC(=O)OC[C@H](COP(=O)(O)OC[C@@H](O)COP(=O)(O)OC[C@@H](COC(=O)CCCCCCCCC(C)CC)OC(=O)CCCCCCCCCC(C)C)OC(=O)CCCCCCCCCCCCCCCCC(C)C. The van der Waals surface area contributed by atoms with Crippen molar-refractivity contribution in [3.05, 3.63) is 0 Å². The quantitative estimate of drug-likeness (QED) is 0.0222. The number of aliphatic hydroxyl groups excluding tert-OH is 1. The fourth-order valence-electron chi connectivity index (χ4n) is 10.4. The maximum Gasteiger partial charge on any atom is 0.472 e. The van der Waals surface area contributed by atoms with E-state index in [2.05, 4.69) is 55.4 Å². The largest absolute Gasteiger partial charge is 0.472 e. The number of aliphatic hydroxyl groups is 1. The van der Waals surface area contributed by atoms with E-state index in [4.69, 9.17) is 37.0 Å². The van der Waals surface area contributed by atoms with Crippen LogP contribution >= 0.6 is 15.6 Å². The summed E-state index contributed by atoms with van der Waals surface area (Å²) >= 11 is 0. The predicted molar refractivity (Wildman–Crippen MR) is 358 cm³/mol. The van der Waals surface area contributed by atoms with Crippen molar-refractivity contribution < 1.29 is 80.2 Å². The number of ether oxygens (including phenoxy) is 4. The minimum Gasteiger partial charge on any atom is -0.462 e. The van der Waals surface area contributed by atoms with Gasteiger partial charge < -0.3 is 33.8 Å². The van der Waals surface area contributed by atoms with Crippen molar-refractivity contribution in [1.82, 2.24) is 0 Å². The van der Waals surface area contributed by atoms with Crippen LogP contribution < -0.4 is 0 Å². The molecule has 0 aliphatic rings. The van der Waals surface area contributed by atoms with Gasteiger partial charge >= 0.3 is 39.5 Å². The van der Waals surface area contributed by atoms with Crippen molar-refractivity contribution in [2.45, 2.75) is 363 Å². The molecule has 0 saturated heterocycles. The molecule has 0 aliphatic carbocycles.